The van der Waals surface area contributed by atoms with Crippen molar-refractivity contribution in [3.05, 3.63) is 0 Å². The number of aliphatic carboxylic acids is 1. The van der Waals surface area contributed by atoms with Gasteiger partial charge in [-0.3, -0.25) is 10.1 Å². The standard InChI is InChI=1S/C3H7NO3.Zn/c5-2-4-1-3(6)7;/h4-5H,1-2H2,(H,6,7);. The molecule has 0 bridgehead atoms. The second-order valence-corrected chi connectivity index (χ2v) is 0.979. The summed E-state index contributed by atoms with van der Waals surface area (Å²) < 4.78 is 0. The molecule has 0 aromatic rings. The van der Waals surface area contributed by atoms with Crippen LogP contribution in [0.1, 0.15) is 0 Å². The maximum Gasteiger partial charge on any atom is 0.317 e. The number of aliphatic hydroxyl groups excluding tert-OH is 1. The Morgan fingerprint density at radius 1 is 1.62 bits per heavy atom. The van der Waals surface area contributed by atoms with E-state index in [1.807, 2.05) is 0 Å². The van der Waals surface area contributed by atoms with Crippen LogP contribution in [-0.2, 0) is 24.3 Å². The number of hydrogen-bond acceptors (Lipinski definition) is 3. The summed E-state index contributed by atoms with van der Waals surface area (Å²) in [7, 11) is 0. The molecule has 4 nitrogen and oxygen atoms in total. The molecule has 0 unspecified atom stereocenters. The van der Waals surface area contributed by atoms with Crippen LogP contribution in [0.3, 0.4) is 0 Å². The van der Waals surface area contributed by atoms with E-state index in [9.17, 15) is 4.79 Å². The topological polar surface area (TPSA) is 69.6 Å². The second-order valence-electron chi connectivity index (χ2n) is 0.979. The first-order chi connectivity index (χ1) is 3.27. The van der Waals surface area contributed by atoms with Crippen LogP contribution in [0.2, 0.25) is 0 Å². The van der Waals surface area contributed by atoms with Gasteiger partial charge in [0.15, 0.2) is 0 Å². The van der Waals surface area contributed by atoms with Gasteiger partial charge in [-0.2, -0.15) is 0 Å². The van der Waals surface area contributed by atoms with Gasteiger partial charge in [0.05, 0.1) is 13.3 Å². The van der Waals surface area contributed by atoms with Crippen LogP contribution in [0.5, 0.6) is 0 Å². The Kier molecular flexibility index (Phi) is 9.56. The fourth-order valence-electron chi connectivity index (χ4n) is 0.163. The number of carbonyl (C=O) groups is 1. The summed E-state index contributed by atoms with van der Waals surface area (Å²) in [6.07, 6.45) is 0. The molecule has 0 rings (SSSR count). The molecule has 0 atom stereocenters. The normalized spacial score (nSPS) is 7.62. The van der Waals surface area contributed by atoms with Crippen molar-refractivity contribution in [2.24, 2.45) is 0 Å². The van der Waals surface area contributed by atoms with E-state index in [1.165, 1.54) is 0 Å². The minimum atomic E-state index is -0.964. The van der Waals surface area contributed by atoms with Gasteiger partial charge in [-0.15, -0.1) is 0 Å². The zero-order valence-corrected chi connectivity index (χ0v) is 7.39. The molecule has 0 aliphatic rings. The van der Waals surface area contributed by atoms with Gasteiger partial charge in [-0.05, 0) is 0 Å². The first-order valence-corrected chi connectivity index (χ1v) is 1.80. The third kappa shape index (κ3) is 9.38. The molecule has 0 aromatic carbocycles. The first-order valence-electron chi connectivity index (χ1n) is 1.80. The van der Waals surface area contributed by atoms with E-state index >= 15 is 0 Å². The van der Waals surface area contributed by atoms with Crippen molar-refractivity contribution in [3.63, 3.8) is 0 Å². The molecule has 0 saturated carbocycles. The number of nitrogens with one attached hydrogen (secondary N) is 1. The zero-order chi connectivity index (χ0) is 5.70. The van der Waals surface area contributed by atoms with E-state index in [-0.39, 0.29) is 32.8 Å². The quantitative estimate of drug-likeness (QED) is 0.360. The molecule has 0 aliphatic carbocycles. The molecule has 0 saturated heterocycles. The Balaban J connectivity index is 0. The van der Waals surface area contributed by atoms with E-state index < -0.39 is 5.97 Å². The average molecular weight is 170 g/mol. The van der Waals surface area contributed by atoms with Crippen molar-refractivity contribution in [1.29, 1.82) is 0 Å². The average Bonchev–Trinajstić information content (AvgIpc) is 1.61. The Bertz CT molecular complexity index is 67.5. The van der Waals surface area contributed by atoms with E-state index in [1.54, 1.807) is 0 Å². The maximum atomic E-state index is 9.58. The third-order valence-corrected chi connectivity index (χ3v) is 0.388. The molecular formula is C3H7NO3Zn. The van der Waals surface area contributed by atoms with Gasteiger partial charge in [0.2, 0.25) is 0 Å². The molecule has 0 spiro atoms. The van der Waals surface area contributed by atoms with Gasteiger partial charge in [-0.1, -0.05) is 0 Å². The van der Waals surface area contributed by atoms with Crippen molar-refractivity contribution in [2.75, 3.05) is 13.3 Å². The minimum absolute atomic E-state index is 0. The number of carboxylic acids is 1. The summed E-state index contributed by atoms with van der Waals surface area (Å²) in [5.41, 5.74) is 0. The van der Waals surface area contributed by atoms with Crippen LogP contribution in [0, 0.1) is 0 Å². The van der Waals surface area contributed by atoms with Crippen LogP contribution in [0.4, 0.5) is 0 Å². The summed E-state index contributed by atoms with van der Waals surface area (Å²) in [6.45, 7) is -0.469. The van der Waals surface area contributed by atoms with Crippen LogP contribution >= 0.6 is 0 Å². The molecule has 44 valence electrons. The summed E-state index contributed by atoms with van der Waals surface area (Å²) in [6, 6.07) is 0. The molecule has 0 fully saturated rings. The Labute approximate surface area is 59.7 Å². The molecule has 5 heteroatoms. The van der Waals surface area contributed by atoms with Crippen LogP contribution in [0.25, 0.3) is 0 Å². The van der Waals surface area contributed by atoms with E-state index in [0.717, 1.165) is 0 Å². The van der Waals surface area contributed by atoms with Crippen molar-refractivity contribution in [3.8, 4) is 0 Å². The van der Waals surface area contributed by atoms with Crippen molar-refractivity contribution in [1.82, 2.24) is 5.32 Å². The maximum absolute atomic E-state index is 9.58. The van der Waals surface area contributed by atoms with Crippen molar-refractivity contribution < 1.29 is 34.5 Å². The van der Waals surface area contributed by atoms with Crippen molar-refractivity contribution >= 4 is 5.97 Å². The first kappa shape index (κ1) is 10.9. The van der Waals surface area contributed by atoms with Crippen LogP contribution in [-0.4, -0.2) is 29.5 Å². The Morgan fingerprint density at radius 2 is 2.12 bits per heavy atom. The predicted octanol–water partition coefficient (Wildman–Crippen LogP) is -1.39. The van der Waals surface area contributed by atoms with Gasteiger partial charge in [0.1, 0.15) is 0 Å². The minimum Gasteiger partial charge on any atom is -0.480 e. The van der Waals surface area contributed by atoms with Gasteiger partial charge >= 0.3 is 5.97 Å². The number of rotatable bonds is 3. The molecular weight excluding hydrogens is 163 g/mol. The number of hydrogen-bond donors (Lipinski definition) is 3. The van der Waals surface area contributed by atoms with Gasteiger partial charge in [0.25, 0.3) is 0 Å². The van der Waals surface area contributed by atoms with E-state index in [2.05, 4.69) is 5.32 Å². The van der Waals surface area contributed by atoms with Crippen molar-refractivity contribution in [2.45, 2.75) is 0 Å². The van der Waals surface area contributed by atoms with Gasteiger partial charge in [-0.25, -0.2) is 0 Å². The smallest absolute Gasteiger partial charge is 0.317 e. The molecule has 8 heavy (non-hydrogen) atoms. The Hall–Kier alpha value is 0.0134. The van der Waals surface area contributed by atoms with Crippen LogP contribution in [0.15, 0.2) is 0 Å². The fourth-order valence-corrected chi connectivity index (χ4v) is 0.163. The molecule has 0 aromatic heterocycles. The van der Waals surface area contributed by atoms with Gasteiger partial charge < -0.3 is 10.2 Å². The molecule has 0 amide bonds. The predicted molar refractivity (Wildman–Crippen MR) is 22.7 cm³/mol. The summed E-state index contributed by atoms with van der Waals surface area (Å²) in [5, 5.41) is 18.0. The number of aliphatic hydroxyl groups is 1. The van der Waals surface area contributed by atoms with Gasteiger partial charge in [0, 0.05) is 19.5 Å². The molecule has 0 radical (unpaired) electrons. The SMILES string of the molecule is O=C(O)CNCO.[Zn]. The summed E-state index contributed by atoms with van der Waals surface area (Å²) in [4.78, 5) is 9.58. The molecule has 3 N–H and O–H groups in total. The largest absolute Gasteiger partial charge is 0.480 e. The van der Waals surface area contributed by atoms with Crippen LogP contribution < -0.4 is 5.32 Å². The summed E-state index contributed by atoms with van der Waals surface area (Å²) in [5.74, 6) is -0.964. The number of carboxylic acid groups (broad SMARTS) is 1. The molecule has 0 aliphatic heterocycles. The second kappa shape index (κ2) is 7.01. The Morgan fingerprint density at radius 3 is 2.25 bits per heavy atom. The molecule has 0 heterocycles. The summed E-state index contributed by atoms with van der Waals surface area (Å²) >= 11 is 0. The van der Waals surface area contributed by atoms with E-state index in [0.29, 0.717) is 0 Å². The zero-order valence-electron chi connectivity index (χ0n) is 4.42. The monoisotopic (exact) mass is 169 g/mol. The van der Waals surface area contributed by atoms with E-state index in [4.69, 9.17) is 10.2 Å². The fraction of sp³-hybridized carbons (Fsp3) is 0.667. The third-order valence-electron chi connectivity index (χ3n) is 0.388.